The number of piperidine rings is 1. The van der Waals surface area contributed by atoms with Gasteiger partial charge in [0.05, 0.1) is 16.7 Å². The maximum absolute atomic E-state index is 13.2. The fourth-order valence-electron chi connectivity index (χ4n) is 4.40. The summed E-state index contributed by atoms with van der Waals surface area (Å²) >= 11 is 0. The molecule has 0 saturated carbocycles. The number of fused-ring (bicyclic) bond motifs is 1. The molecular formula is C29H36N4O2. The molecule has 1 amide bonds. The molecule has 0 aliphatic carbocycles. The molecule has 1 saturated heterocycles. The highest BCUT2D eigenvalue weighted by Crippen LogP contribution is 2.30. The first-order valence-corrected chi connectivity index (χ1v) is 12.4. The van der Waals surface area contributed by atoms with Crippen LogP contribution in [0, 0.1) is 5.41 Å². The van der Waals surface area contributed by atoms with Crippen LogP contribution in [0.5, 0.6) is 0 Å². The van der Waals surface area contributed by atoms with Crippen molar-refractivity contribution in [3.05, 3.63) is 65.5 Å². The number of likely N-dealkylation sites (tertiary alicyclic amines) is 1. The predicted molar refractivity (Wildman–Crippen MR) is 141 cm³/mol. The number of benzene rings is 2. The second-order valence-electron chi connectivity index (χ2n) is 11.5. The molecule has 184 valence electrons. The Labute approximate surface area is 208 Å². The molecule has 1 aliphatic heterocycles. The lowest BCUT2D eigenvalue weighted by atomic mass is 9.91. The Kier molecular flexibility index (Phi) is 6.78. The smallest absolute Gasteiger partial charge is 0.229 e. The molecule has 0 radical (unpaired) electrons. The summed E-state index contributed by atoms with van der Waals surface area (Å²) in [7, 11) is 0. The number of rotatable bonds is 4. The van der Waals surface area contributed by atoms with Crippen molar-refractivity contribution in [2.45, 2.75) is 65.8 Å². The van der Waals surface area contributed by atoms with Crippen molar-refractivity contribution in [2.24, 2.45) is 5.41 Å². The standard InChI is InChI=1S/C29H36N4O2/c1-28(2,3)27(35)31-22-10-7-20(8-11-22)26(34)21-9-12-23-24(17-21)32-25(18-30-23)19-13-15-33(16-14-19)29(4,5)6/h7-12,17-19H,13-16H2,1-6H3,(H,31,35). The zero-order valence-corrected chi connectivity index (χ0v) is 21.7. The van der Waals surface area contributed by atoms with Crippen LogP contribution in [0.2, 0.25) is 0 Å². The number of aromatic nitrogens is 2. The maximum Gasteiger partial charge on any atom is 0.229 e. The summed E-state index contributed by atoms with van der Waals surface area (Å²) in [6.45, 7) is 14.5. The van der Waals surface area contributed by atoms with Crippen LogP contribution in [0.1, 0.15) is 81.9 Å². The number of nitrogens with zero attached hydrogens (tertiary/aromatic N) is 3. The van der Waals surface area contributed by atoms with E-state index in [2.05, 4.69) is 36.0 Å². The Bertz CT molecular complexity index is 1230. The molecule has 3 aromatic rings. The molecule has 1 aliphatic rings. The van der Waals surface area contributed by atoms with Gasteiger partial charge in [0.15, 0.2) is 5.78 Å². The van der Waals surface area contributed by atoms with Crippen molar-refractivity contribution in [3.63, 3.8) is 0 Å². The number of carbonyl (C=O) groups excluding carboxylic acids is 2. The second kappa shape index (κ2) is 9.50. The summed E-state index contributed by atoms with van der Waals surface area (Å²) in [5, 5.41) is 2.89. The highest BCUT2D eigenvalue weighted by atomic mass is 16.2. The Hall–Kier alpha value is -3.12. The maximum atomic E-state index is 13.2. The van der Waals surface area contributed by atoms with Gasteiger partial charge in [-0.15, -0.1) is 0 Å². The molecule has 1 fully saturated rings. The van der Waals surface area contributed by atoms with Gasteiger partial charge in [-0.2, -0.15) is 0 Å². The summed E-state index contributed by atoms with van der Waals surface area (Å²) < 4.78 is 0. The average molecular weight is 473 g/mol. The number of hydrogen-bond donors (Lipinski definition) is 1. The summed E-state index contributed by atoms with van der Waals surface area (Å²) in [6.07, 6.45) is 4.02. The zero-order chi connectivity index (χ0) is 25.4. The first kappa shape index (κ1) is 25.0. The predicted octanol–water partition coefficient (Wildman–Crippen LogP) is 5.82. The average Bonchev–Trinajstić information content (AvgIpc) is 2.82. The second-order valence-corrected chi connectivity index (χ2v) is 11.5. The van der Waals surface area contributed by atoms with Crippen molar-refractivity contribution >= 4 is 28.4 Å². The lowest BCUT2D eigenvalue weighted by molar-refractivity contribution is -0.123. The van der Waals surface area contributed by atoms with Gasteiger partial charge in [-0.3, -0.25) is 19.5 Å². The molecule has 6 heteroatoms. The third kappa shape index (κ3) is 5.76. The van der Waals surface area contributed by atoms with Crippen molar-refractivity contribution in [3.8, 4) is 0 Å². The number of carbonyl (C=O) groups is 2. The number of ketones is 1. The van der Waals surface area contributed by atoms with Gasteiger partial charge >= 0.3 is 0 Å². The molecule has 1 aromatic heterocycles. The fourth-order valence-corrected chi connectivity index (χ4v) is 4.40. The topological polar surface area (TPSA) is 75.2 Å². The molecule has 0 atom stereocenters. The molecule has 0 spiro atoms. The van der Waals surface area contributed by atoms with E-state index in [1.807, 2.05) is 39.1 Å². The van der Waals surface area contributed by atoms with E-state index in [9.17, 15) is 9.59 Å². The Morgan fingerprint density at radius 3 is 2.11 bits per heavy atom. The van der Waals surface area contributed by atoms with Crippen LogP contribution in [0.3, 0.4) is 0 Å². The SMILES string of the molecule is CC(C)(C)C(=O)Nc1ccc(C(=O)c2ccc3ncc(C4CCN(C(C)(C)C)CC4)nc3c2)cc1. The lowest BCUT2D eigenvalue weighted by Gasteiger charge is -2.40. The normalized spacial score (nSPS) is 15.8. The van der Waals surface area contributed by atoms with E-state index < -0.39 is 5.41 Å². The molecule has 35 heavy (non-hydrogen) atoms. The number of nitrogens with one attached hydrogen (secondary N) is 1. The third-order valence-corrected chi connectivity index (χ3v) is 6.77. The number of amides is 1. The van der Waals surface area contributed by atoms with Crippen molar-refractivity contribution in [1.82, 2.24) is 14.9 Å². The van der Waals surface area contributed by atoms with Crippen LogP contribution in [0.4, 0.5) is 5.69 Å². The van der Waals surface area contributed by atoms with E-state index in [0.29, 0.717) is 22.7 Å². The zero-order valence-electron chi connectivity index (χ0n) is 21.7. The molecule has 0 unspecified atom stereocenters. The van der Waals surface area contributed by atoms with E-state index >= 15 is 0 Å². The van der Waals surface area contributed by atoms with Gasteiger partial charge in [-0.25, -0.2) is 4.98 Å². The van der Waals surface area contributed by atoms with E-state index in [1.54, 1.807) is 30.3 Å². The molecular weight excluding hydrogens is 436 g/mol. The van der Waals surface area contributed by atoms with Gasteiger partial charge in [0.2, 0.25) is 5.91 Å². The van der Waals surface area contributed by atoms with Crippen LogP contribution in [0.25, 0.3) is 11.0 Å². The minimum Gasteiger partial charge on any atom is -0.326 e. The van der Waals surface area contributed by atoms with Gasteiger partial charge in [0.1, 0.15) is 0 Å². The van der Waals surface area contributed by atoms with Gasteiger partial charge < -0.3 is 5.32 Å². The minimum absolute atomic E-state index is 0.0652. The molecule has 1 N–H and O–H groups in total. The highest BCUT2D eigenvalue weighted by Gasteiger charge is 2.28. The van der Waals surface area contributed by atoms with Crippen LogP contribution in [0.15, 0.2) is 48.7 Å². The molecule has 4 rings (SSSR count). The Balaban J connectivity index is 1.50. The summed E-state index contributed by atoms with van der Waals surface area (Å²) in [5.41, 5.74) is 4.07. The first-order valence-electron chi connectivity index (χ1n) is 12.4. The van der Waals surface area contributed by atoms with Gasteiger partial charge in [-0.05, 0) is 89.2 Å². The number of hydrogen-bond acceptors (Lipinski definition) is 5. The van der Waals surface area contributed by atoms with Crippen LogP contribution in [-0.2, 0) is 4.79 Å². The van der Waals surface area contributed by atoms with Crippen molar-refractivity contribution in [2.75, 3.05) is 18.4 Å². The van der Waals surface area contributed by atoms with Gasteiger partial charge in [0.25, 0.3) is 0 Å². The summed E-state index contributed by atoms with van der Waals surface area (Å²) in [6, 6.07) is 12.5. The third-order valence-electron chi connectivity index (χ3n) is 6.77. The van der Waals surface area contributed by atoms with Gasteiger partial charge in [0, 0.05) is 39.9 Å². The summed E-state index contributed by atoms with van der Waals surface area (Å²) in [5.74, 6) is 0.247. The van der Waals surface area contributed by atoms with E-state index in [4.69, 9.17) is 4.98 Å². The molecule has 0 bridgehead atoms. The lowest BCUT2D eigenvalue weighted by Crippen LogP contribution is -2.45. The fraction of sp³-hybridized carbons (Fsp3) is 0.448. The molecule has 2 heterocycles. The monoisotopic (exact) mass is 472 g/mol. The van der Waals surface area contributed by atoms with Crippen molar-refractivity contribution in [1.29, 1.82) is 0 Å². The Morgan fingerprint density at radius 2 is 1.51 bits per heavy atom. The van der Waals surface area contributed by atoms with E-state index in [0.717, 1.165) is 42.7 Å². The molecule has 2 aromatic carbocycles. The Morgan fingerprint density at radius 1 is 0.886 bits per heavy atom. The number of anilines is 1. The first-order chi connectivity index (χ1) is 16.4. The van der Waals surface area contributed by atoms with E-state index in [-0.39, 0.29) is 17.2 Å². The van der Waals surface area contributed by atoms with Gasteiger partial charge in [-0.1, -0.05) is 20.8 Å². The van der Waals surface area contributed by atoms with Crippen LogP contribution >= 0.6 is 0 Å². The van der Waals surface area contributed by atoms with Crippen LogP contribution < -0.4 is 5.32 Å². The van der Waals surface area contributed by atoms with Crippen LogP contribution in [-0.4, -0.2) is 45.2 Å². The quantitative estimate of drug-likeness (QED) is 0.484. The summed E-state index contributed by atoms with van der Waals surface area (Å²) in [4.78, 5) is 37.4. The highest BCUT2D eigenvalue weighted by molar-refractivity contribution is 6.10. The van der Waals surface area contributed by atoms with Crippen molar-refractivity contribution < 1.29 is 9.59 Å². The largest absolute Gasteiger partial charge is 0.326 e. The van der Waals surface area contributed by atoms with E-state index in [1.165, 1.54) is 0 Å². The molecule has 6 nitrogen and oxygen atoms in total. The minimum atomic E-state index is -0.483.